The van der Waals surface area contributed by atoms with Gasteiger partial charge in [-0.1, -0.05) is 13.8 Å². The van der Waals surface area contributed by atoms with E-state index in [1.807, 2.05) is 6.92 Å². The molecule has 0 aliphatic carbocycles. The maximum absolute atomic E-state index is 5.26. The van der Waals surface area contributed by atoms with E-state index in [4.69, 9.17) is 4.74 Å². The van der Waals surface area contributed by atoms with Gasteiger partial charge in [0.25, 0.3) is 0 Å². The molecule has 0 aromatic rings. The monoisotopic (exact) mass is 173 g/mol. The molecular formula is C10H23NO. The summed E-state index contributed by atoms with van der Waals surface area (Å²) in [5.74, 6) is 0. The highest BCUT2D eigenvalue weighted by Gasteiger charge is 2.17. The van der Waals surface area contributed by atoms with Crippen molar-refractivity contribution in [3.63, 3.8) is 0 Å². The highest BCUT2D eigenvalue weighted by atomic mass is 16.5. The molecule has 0 aromatic carbocycles. The average Bonchev–Trinajstić information content (AvgIpc) is 2.12. The van der Waals surface area contributed by atoms with E-state index in [2.05, 4.69) is 26.1 Å². The summed E-state index contributed by atoms with van der Waals surface area (Å²) in [6.45, 7) is 11.3. The van der Waals surface area contributed by atoms with Crippen molar-refractivity contribution in [3.8, 4) is 0 Å². The van der Waals surface area contributed by atoms with Crippen molar-refractivity contribution in [2.75, 3.05) is 19.8 Å². The molecule has 0 aromatic heterocycles. The van der Waals surface area contributed by atoms with E-state index < -0.39 is 0 Å². The summed E-state index contributed by atoms with van der Waals surface area (Å²) in [7, 11) is 0. The van der Waals surface area contributed by atoms with Crippen LogP contribution in [0.3, 0.4) is 0 Å². The zero-order chi connectivity index (χ0) is 9.45. The molecule has 0 atom stereocenters. The van der Waals surface area contributed by atoms with Crippen molar-refractivity contribution in [1.29, 1.82) is 0 Å². The smallest absolute Gasteiger partial charge is 0.0590 e. The first-order chi connectivity index (χ1) is 5.68. The van der Waals surface area contributed by atoms with Crippen LogP contribution in [0.2, 0.25) is 0 Å². The minimum atomic E-state index is 0.303. The fourth-order valence-electron chi connectivity index (χ4n) is 1.07. The van der Waals surface area contributed by atoms with Crippen LogP contribution < -0.4 is 5.32 Å². The maximum atomic E-state index is 5.26. The van der Waals surface area contributed by atoms with Gasteiger partial charge in [-0.2, -0.15) is 0 Å². The van der Waals surface area contributed by atoms with Crippen LogP contribution in [0, 0.1) is 0 Å². The van der Waals surface area contributed by atoms with Crippen LogP contribution in [-0.2, 0) is 4.74 Å². The summed E-state index contributed by atoms with van der Waals surface area (Å²) in [5.41, 5.74) is 0.303. The third kappa shape index (κ3) is 4.73. The van der Waals surface area contributed by atoms with Gasteiger partial charge in [-0.25, -0.2) is 0 Å². The molecule has 0 heterocycles. The summed E-state index contributed by atoms with van der Waals surface area (Å²) in [5, 5.41) is 3.51. The third-order valence-corrected chi connectivity index (χ3v) is 2.56. The molecule has 0 aliphatic rings. The maximum Gasteiger partial charge on any atom is 0.0590 e. The van der Waals surface area contributed by atoms with E-state index in [0.717, 1.165) is 19.8 Å². The number of hydrogen-bond acceptors (Lipinski definition) is 2. The van der Waals surface area contributed by atoms with Gasteiger partial charge in [0.1, 0.15) is 0 Å². The van der Waals surface area contributed by atoms with Gasteiger partial charge in [0.05, 0.1) is 6.61 Å². The van der Waals surface area contributed by atoms with Crippen molar-refractivity contribution in [1.82, 2.24) is 5.32 Å². The number of hydrogen-bond donors (Lipinski definition) is 1. The first-order valence-electron chi connectivity index (χ1n) is 5.01. The van der Waals surface area contributed by atoms with Crippen LogP contribution in [0.1, 0.15) is 40.5 Å². The quantitative estimate of drug-likeness (QED) is 0.596. The molecule has 0 aliphatic heterocycles. The number of nitrogens with one attached hydrogen (secondary N) is 1. The highest BCUT2D eigenvalue weighted by molar-refractivity contribution is 4.79. The van der Waals surface area contributed by atoms with E-state index in [1.165, 1.54) is 12.8 Å². The van der Waals surface area contributed by atoms with Crippen LogP contribution in [0.25, 0.3) is 0 Å². The molecule has 1 N–H and O–H groups in total. The van der Waals surface area contributed by atoms with Crippen molar-refractivity contribution >= 4 is 0 Å². The lowest BCUT2D eigenvalue weighted by Gasteiger charge is -2.28. The fraction of sp³-hybridized carbons (Fsp3) is 1.00. The predicted molar refractivity (Wildman–Crippen MR) is 53.5 cm³/mol. The van der Waals surface area contributed by atoms with Gasteiger partial charge in [0.15, 0.2) is 0 Å². The van der Waals surface area contributed by atoms with Gasteiger partial charge >= 0.3 is 0 Å². The molecule has 0 unspecified atom stereocenters. The summed E-state index contributed by atoms with van der Waals surface area (Å²) in [6, 6.07) is 0. The van der Waals surface area contributed by atoms with Crippen molar-refractivity contribution < 1.29 is 4.74 Å². The van der Waals surface area contributed by atoms with Gasteiger partial charge in [0.2, 0.25) is 0 Å². The molecule has 12 heavy (non-hydrogen) atoms. The topological polar surface area (TPSA) is 21.3 Å². The Balaban J connectivity index is 3.45. The first kappa shape index (κ1) is 11.9. The second kappa shape index (κ2) is 6.44. The SMILES string of the molecule is CCOCCNC(C)(CC)CC. The van der Waals surface area contributed by atoms with E-state index in [1.54, 1.807) is 0 Å². The Kier molecular flexibility index (Phi) is 6.39. The predicted octanol–water partition coefficient (Wildman–Crippen LogP) is 2.19. The second-order valence-corrected chi connectivity index (χ2v) is 3.39. The van der Waals surface area contributed by atoms with E-state index in [0.29, 0.717) is 5.54 Å². The Bertz CT molecular complexity index is 100. The Morgan fingerprint density at radius 3 is 2.17 bits per heavy atom. The summed E-state index contributed by atoms with van der Waals surface area (Å²) >= 11 is 0. The number of ether oxygens (including phenoxy) is 1. The Hall–Kier alpha value is -0.0800. The molecule has 74 valence electrons. The molecule has 0 rings (SSSR count). The van der Waals surface area contributed by atoms with Crippen LogP contribution in [0.15, 0.2) is 0 Å². The zero-order valence-corrected chi connectivity index (χ0v) is 8.94. The lowest BCUT2D eigenvalue weighted by atomic mass is 9.96. The second-order valence-electron chi connectivity index (χ2n) is 3.39. The van der Waals surface area contributed by atoms with Gasteiger partial charge in [-0.05, 0) is 26.7 Å². The Morgan fingerprint density at radius 1 is 1.17 bits per heavy atom. The minimum Gasteiger partial charge on any atom is -0.380 e. The molecule has 2 heteroatoms. The molecule has 0 saturated heterocycles. The standard InChI is InChI=1S/C10H23NO/c1-5-10(4,6-2)11-8-9-12-7-3/h11H,5-9H2,1-4H3. The average molecular weight is 173 g/mol. The lowest BCUT2D eigenvalue weighted by Crippen LogP contribution is -2.42. The normalized spacial score (nSPS) is 12.0. The van der Waals surface area contributed by atoms with Gasteiger partial charge < -0.3 is 10.1 Å². The van der Waals surface area contributed by atoms with Crippen molar-refractivity contribution in [2.24, 2.45) is 0 Å². The summed E-state index contributed by atoms with van der Waals surface area (Å²) in [6.07, 6.45) is 2.35. The van der Waals surface area contributed by atoms with Gasteiger partial charge in [0, 0.05) is 18.7 Å². The minimum absolute atomic E-state index is 0.303. The molecule has 0 radical (unpaired) electrons. The lowest BCUT2D eigenvalue weighted by molar-refractivity contribution is 0.140. The highest BCUT2D eigenvalue weighted by Crippen LogP contribution is 2.12. The van der Waals surface area contributed by atoms with Crippen LogP contribution >= 0.6 is 0 Å². The van der Waals surface area contributed by atoms with Crippen molar-refractivity contribution in [2.45, 2.75) is 46.1 Å². The molecule has 0 spiro atoms. The van der Waals surface area contributed by atoms with Gasteiger partial charge in [-0.15, -0.1) is 0 Å². The van der Waals surface area contributed by atoms with E-state index in [9.17, 15) is 0 Å². The number of rotatable bonds is 7. The summed E-state index contributed by atoms with van der Waals surface area (Å²) in [4.78, 5) is 0. The molecule has 0 bridgehead atoms. The van der Waals surface area contributed by atoms with Crippen LogP contribution in [0.5, 0.6) is 0 Å². The Morgan fingerprint density at radius 2 is 1.75 bits per heavy atom. The molecule has 0 saturated carbocycles. The van der Waals surface area contributed by atoms with Crippen molar-refractivity contribution in [3.05, 3.63) is 0 Å². The Labute approximate surface area is 76.7 Å². The molecule has 0 amide bonds. The van der Waals surface area contributed by atoms with E-state index >= 15 is 0 Å². The molecule has 2 nitrogen and oxygen atoms in total. The zero-order valence-electron chi connectivity index (χ0n) is 8.94. The summed E-state index contributed by atoms with van der Waals surface area (Å²) < 4.78 is 5.26. The molecule has 0 fully saturated rings. The third-order valence-electron chi connectivity index (χ3n) is 2.56. The fourth-order valence-corrected chi connectivity index (χ4v) is 1.07. The van der Waals surface area contributed by atoms with Crippen LogP contribution in [0.4, 0.5) is 0 Å². The molecular weight excluding hydrogens is 150 g/mol. The van der Waals surface area contributed by atoms with Crippen LogP contribution in [-0.4, -0.2) is 25.3 Å². The van der Waals surface area contributed by atoms with Gasteiger partial charge in [-0.3, -0.25) is 0 Å². The largest absolute Gasteiger partial charge is 0.380 e. The van der Waals surface area contributed by atoms with E-state index in [-0.39, 0.29) is 0 Å². The first-order valence-corrected chi connectivity index (χ1v) is 5.01.